The summed E-state index contributed by atoms with van der Waals surface area (Å²) in [7, 11) is 0. The highest BCUT2D eigenvalue weighted by Gasteiger charge is 2.34. The van der Waals surface area contributed by atoms with E-state index < -0.39 is 29.3 Å². The van der Waals surface area contributed by atoms with Gasteiger partial charge in [0.25, 0.3) is 0 Å². The quantitative estimate of drug-likeness (QED) is 0.571. The molecule has 1 saturated heterocycles. The first-order valence-corrected chi connectivity index (χ1v) is 10.4. The monoisotopic (exact) mass is 471 g/mol. The molecular formula is C22H22F5N3O3. The lowest BCUT2D eigenvalue weighted by atomic mass is 9.90. The predicted molar refractivity (Wildman–Crippen MR) is 111 cm³/mol. The Bertz CT molecular complexity index is 1050. The molecule has 33 heavy (non-hydrogen) atoms. The highest BCUT2D eigenvalue weighted by molar-refractivity contribution is 5.95. The van der Waals surface area contributed by atoms with Crippen molar-refractivity contribution in [2.24, 2.45) is 0 Å². The molecule has 178 valence electrons. The molecule has 4 rings (SSSR count). The summed E-state index contributed by atoms with van der Waals surface area (Å²) in [6, 6.07) is 5.75. The van der Waals surface area contributed by atoms with Crippen LogP contribution in [-0.2, 0) is 11.2 Å². The van der Waals surface area contributed by atoms with Crippen LogP contribution in [0.5, 0.6) is 5.75 Å². The second-order valence-corrected chi connectivity index (χ2v) is 8.22. The number of rotatable bonds is 5. The summed E-state index contributed by atoms with van der Waals surface area (Å²) in [4.78, 5) is 13.2. The molecule has 2 aromatic rings. The van der Waals surface area contributed by atoms with Gasteiger partial charge in [0.2, 0.25) is 5.91 Å². The van der Waals surface area contributed by atoms with Crippen molar-refractivity contribution in [1.82, 2.24) is 0 Å². The first-order valence-electron chi connectivity index (χ1n) is 10.4. The number of nitrogens with one attached hydrogen (secondary N) is 2. The number of amides is 1. The van der Waals surface area contributed by atoms with Gasteiger partial charge in [-0.2, -0.15) is 0 Å². The minimum absolute atomic E-state index is 0.128. The van der Waals surface area contributed by atoms with Crippen molar-refractivity contribution in [3.8, 4) is 5.75 Å². The molecule has 2 aliphatic rings. The smallest absolute Gasteiger partial charge is 0.406 e. The molecule has 2 heterocycles. The van der Waals surface area contributed by atoms with E-state index in [1.807, 2.05) is 0 Å². The van der Waals surface area contributed by atoms with Gasteiger partial charge in [-0.15, -0.1) is 13.2 Å². The van der Waals surface area contributed by atoms with E-state index in [1.165, 1.54) is 12.1 Å². The van der Waals surface area contributed by atoms with E-state index in [2.05, 4.69) is 15.4 Å². The number of piperidine rings is 1. The molecule has 11 heteroatoms. The molecule has 0 unspecified atom stereocenters. The number of alkyl halides is 3. The first-order chi connectivity index (χ1) is 15.5. The molecule has 0 bridgehead atoms. The van der Waals surface area contributed by atoms with Crippen molar-refractivity contribution in [1.29, 1.82) is 0 Å². The van der Waals surface area contributed by atoms with Gasteiger partial charge in [0.05, 0.1) is 17.0 Å². The minimum Gasteiger partial charge on any atom is -0.406 e. The van der Waals surface area contributed by atoms with Crippen LogP contribution in [0.4, 0.5) is 39.0 Å². The zero-order chi connectivity index (χ0) is 23.8. The molecule has 0 atom stereocenters. The normalized spacial score (nSPS) is 17.9. The summed E-state index contributed by atoms with van der Waals surface area (Å²) < 4.78 is 69.1. The van der Waals surface area contributed by atoms with Gasteiger partial charge in [-0.3, -0.25) is 4.79 Å². The maximum atomic E-state index is 14.4. The van der Waals surface area contributed by atoms with Crippen molar-refractivity contribution in [2.75, 3.05) is 35.2 Å². The Kier molecular flexibility index (Phi) is 6.08. The van der Waals surface area contributed by atoms with Gasteiger partial charge < -0.3 is 25.4 Å². The van der Waals surface area contributed by atoms with E-state index in [9.17, 15) is 31.9 Å². The van der Waals surface area contributed by atoms with E-state index in [1.54, 1.807) is 11.0 Å². The van der Waals surface area contributed by atoms with Gasteiger partial charge in [-0.1, -0.05) is 0 Å². The predicted octanol–water partition coefficient (Wildman–Crippen LogP) is 4.19. The second-order valence-electron chi connectivity index (χ2n) is 8.22. The first kappa shape index (κ1) is 23.1. The van der Waals surface area contributed by atoms with Crippen LogP contribution in [0, 0.1) is 11.6 Å². The largest absolute Gasteiger partial charge is 0.573 e. The van der Waals surface area contributed by atoms with E-state index in [0.29, 0.717) is 23.7 Å². The van der Waals surface area contributed by atoms with Gasteiger partial charge >= 0.3 is 6.36 Å². The Morgan fingerprint density at radius 3 is 2.48 bits per heavy atom. The number of hydrogen-bond acceptors (Lipinski definition) is 5. The third-order valence-electron chi connectivity index (χ3n) is 5.92. The zero-order valence-electron chi connectivity index (χ0n) is 17.4. The zero-order valence-corrected chi connectivity index (χ0v) is 17.4. The van der Waals surface area contributed by atoms with Crippen molar-refractivity contribution >= 4 is 23.0 Å². The highest BCUT2D eigenvalue weighted by Crippen LogP contribution is 2.34. The van der Waals surface area contributed by atoms with Crippen LogP contribution in [0.15, 0.2) is 30.3 Å². The number of carbonyl (C=O) groups excluding carboxylic acids is 1. The fourth-order valence-corrected chi connectivity index (χ4v) is 4.16. The number of benzene rings is 2. The molecule has 0 spiro atoms. The van der Waals surface area contributed by atoms with Gasteiger partial charge in [-0.05, 0) is 43.5 Å². The molecule has 0 aromatic heterocycles. The summed E-state index contributed by atoms with van der Waals surface area (Å²) >= 11 is 0. The van der Waals surface area contributed by atoms with Gasteiger partial charge in [-0.25, -0.2) is 8.78 Å². The number of halogens is 5. The Morgan fingerprint density at radius 1 is 1.09 bits per heavy atom. The number of hydrogen-bond donors (Lipinski definition) is 3. The molecule has 6 nitrogen and oxygen atoms in total. The number of fused-ring (bicyclic) bond motifs is 1. The van der Waals surface area contributed by atoms with E-state index in [4.69, 9.17) is 0 Å². The van der Waals surface area contributed by atoms with Gasteiger partial charge in [0.1, 0.15) is 17.4 Å². The highest BCUT2D eigenvalue weighted by atomic mass is 19.4. The molecule has 0 saturated carbocycles. The van der Waals surface area contributed by atoms with Crippen LogP contribution in [0.25, 0.3) is 0 Å². The maximum Gasteiger partial charge on any atom is 0.573 e. The van der Waals surface area contributed by atoms with Crippen molar-refractivity contribution < 1.29 is 36.6 Å². The lowest BCUT2D eigenvalue weighted by Gasteiger charge is -2.39. The molecular weight excluding hydrogens is 449 g/mol. The van der Waals surface area contributed by atoms with E-state index in [0.717, 1.165) is 6.07 Å². The Labute approximate surface area is 186 Å². The topological polar surface area (TPSA) is 73.8 Å². The summed E-state index contributed by atoms with van der Waals surface area (Å²) in [5.74, 6) is -2.26. The molecule has 0 radical (unpaired) electrons. The summed E-state index contributed by atoms with van der Waals surface area (Å²) in [6.45, 7) is 0.728. The second kappa shape index (κ2) is 8.69. The molecule has 0 aliphatic carbocycles. The summed E-state index contributed by atoms with van der Waals surface area (Å²) in [5, 5.41) is 16.6. The lowest BCUT2D eigenvalue weighted by molar-refractivity contribution is -0.274. The summed E-state index contributed by atoms with van der Waals surface area (Å²) in [6.07, 6.45) is -3.73. The molecule has 1 amide bonds. The summed E-state index contributed by atoms with van der Waals surface area (Å²) in [5.41, 5.74) is 0.410. The number of carbonyl (C=O) groups is 1. The van der Waals surface area contributed by atoms with Crippen molar-refractivity contribution in [3.63, 3.8) is 0 Å². The Morgan fingerprint density at radius 2 is 1.82 bits per heavy atom. The van der Waals surface area contributed by atoms with Crippen LogP contribution < -0.4 is 20.3 Å². The number of nitrogens with zero attached hydrogens (tertiary/aromatic N) is 1. The van der Waals surface area contributed by atoms with Crippen LogP contribution in [0.1, 0.15) is 24.8 Å². The molecule has 2 aromatic carbocycles. The minimum atomic E-state index is -4.90. The SMILES string of the molecule is O=C1CCc2c(NCC3(O)CCN(c4ccc(OC(F)(F)F)cc4F)CC3)ccc(F)c2N1. The average Bonchev–Trinajstić information content (AvgIpc) is 2.74. The third-order valence-corrected chi connectivity index (χ3v) is 5.92. The van der Waals surface area contributed by atoms with Gasteiger partial charge in [0.15, 0.2) is 0 Å². The van der Waals surface area contributed by atoms with Gasteiger partial charge in [0, 0.05) is 43.4 Å². The number of anilines is 3. The van der Waals surface area contributed by atoms with Crippen LogP contribution >= 0.6 is 0 Å². The third kappa shape index (κ3) is 5.29. The number of aliphatic hydroxyl groups is 1. The Hall–Kier alpha value is -3.08. The van der Waals surface area contributed by atoms with Crippen LogP contribution in [-0.4, -0.2) is 42.6 Å². The molecule has 2 aliphatic heterocycles. The van der Waals surface area contributed by atoms with Crippen molar-refractivity contribution in [2.45, 2.75) is 37.6 Å². The fourth-order valence-electron chi connectivity index (χ4n) is 4.16. The Balaban J connectivity index is 1.38. The standard InChI is InChI=1S/C22H22F5N3O3/c23-15-3-4-17(14-2-6-19(31)29-20(14)15)28-12-21(32)7-9-30(10-8-21)18-5-1-13(11-16(18)24)33-22(25,26)27/h1,3-5,11,28,32H,2,6-10,12H2,(H,29,31). The number of ether oxygens (including phenoxy) is 1. The molecule has 1 fully saturated rings. The lowest BCUT2D eigenvalue weighted by Crippen LogP contribution is -2.48. The van der Waals surface area contributed by atoms with Crippen LogP contribution in [0.3, 0.4) is 0 Å². The van der Waals surface area contributed by atoms with Crippen LogP contribution in [0.2, 0.25) is 0 Å². The van der Waals surface area contributed by atoms with Crippen molar-refractivity contribution in [3.05, 3.63) is 47.5 Å². The molecule has 3 N–H and O–H groups in total. The van der Waals surface area contributed by atoms with E-state index in [-0.39, 0.29) is 56.2 Å². The maximum absolute atomic E-state index is 14.4. The average molecular weight is 471 g/mol. The fraction of sp³-hybridized carbons (Fsp3) is 0.409. The van der Waals surface area contributed by atoms with E-state index >= 15 is 0 Å².